The molecule has 4 unspecified atom stereocenters. The minimum atomic E-state index is -5.26. The van der Waals surface area contributed by atoms with Gasteiger partial charge in [0, 0.05) is 91.7 Å². The number of carbonyl (C=O) groups excluding carboxylic acids is 4. The zero-order chi connectivity index (χ0) is 61.6. The molecule has 3 aliphatic rings. The Hall–Kier alpha value is -7.06. The molecule has 2 aromatic heterocycles. The maximum absolute atomic E-state index is 16.2. The van der Waals surface area contributed by atoms with Crippen LogP contribution in [0.2, 0.25) is 0 Å². The van der Waals surface area contributed by atoms with Crippen LogP contribution in [-0.2, 0) is 41.3 Å². The second-order valence-corrected chi connectivity index (χ2v) is 22.8. The Balaban J connectivity index is 1.23. The van der Waals surface area contributed by atoms with E-state index in [4.69, 9.17) is 4.74 Å². The van der Waals surface area contributed by atoms with E-state index in [1.165, 1.54) is 24.3 Å². The topological polar surface area (TPSA) is 235 Å². The van der Waals surface area contributed by atoms with Crippen molar-refractivity contribution in [3.8, 4) is 23.1 Å². The van der Waals surface area contributed by atoms with E-state index in [-0.39, 0.29) is 21.5 Å². The minimum Gasteiger partial charge on any atom is -0.453 e. The number of alkyl carbamates (subject to hydrolysis) is 2. The Kier molecular flexibility index (Phi) is 20.3. The van der Waals surface area contributed by atoms with Crippen LogP contribution >= 0.6 is 8.03 Å². The Morgan fingerprint density at radius 1 is 0.798 bits per heavy atom. The van der Waals surface area contributed by atoms with Crippen LogP contribution in [0.4, 0.5) is 59.4 Å². The monoisotopic (exact) mass is 1220 g/mol. The maximum atomic E-state index is 16.2. The van der Waals surface area contributed by atoms with Gasteiger partial charge in [-0.2, -0.15) is 40.2 Å². The molecule has 0 spiro atoms. The average molecular weight is 1220 g/mol. The average Bonchev–Trinajstić information content (AvgIpc) is 2.35. The molecule has 84 heavy (non-hydrogen) atoms. The summed E-state index contributed by atoms with van der Waals surface area (Å²) < 4.78 is 175. The molecule has 2 bridgehead atoms. The van der Waals surface area contributed by atoms with E-state index in [9.17, 15) is 63.8 Å². The van der Waals surface area contributed by atoms with Gasteiger partial charge in [0.25, 0.3) is 5.91 Å². The molecule has 0 radical (unpaired) electrons. The van der Waals surface area contributed by atoms with Crippen LogP contribution in [0.25, 0.3) is 11.3 Å². The van der Waals surface area contributed by atoms with Crippen molar-refractivity contribution in [3.05, 3.63) is 94.9 Å². The van der Waals surface area contributed by atoms with Gasteiger partial charge in [-0.05, 0) is 82.9 Å². The lowest BCUT2D eigenvalue weighted by molar-refractivity contribution is -0.221. The molecule has 3 aliphatic heterocycles. The Bertz CT molecular complexity index is 3050. The lowest BCUT2D eigenvalue weighted by atomic mass is 9.82. The second-order valence-electron chi connectivity index (χ2n) is 21.6. The van der Waals surface area contributed by atoms with E-state index in [2.05, 4.69) is 56.9 Å². The fourth-order valence-corrected chi connectivity index (χ4v) is 11.0. The van der Waals surface area contributed by atoms with Gasteiger partial charge in [-0.3, -0.25) is 24.5 Å². The van der Waals surface area contributed by atoms with Gasteiger partial charge < -0.3 is 40.0 Å². The highest BCUT2D eigenvalue weighted by Gasteiger charge is 2.57. The number of anilines is 1. The number of hydrogen-bond acceptors (Lipinski definition) is 14. The quantitative estimate of drug-likeness (QED) is 0.0252. The van der Waals surface area contributed by atoms with Crippen molar-refractivity contribution in [1.29, 1.82) is 0 Å². The van der Waals surface area contributed by atoms with Crippen LogP contribution in [0.15, 0.2) is 61.1 Å². The third-order valence-electron chi connectivity index (χ3n) is 15.2. The number of aromatic nitrogens is 4. The highest BCUT2D eigenvalue weighted by atomic mass is 31.1. The van der Waals surface area contributed by atoms with Crippen molar-refractivity contribution < 1.29 is 86.8 Å². The van der Waals surface area contributed by atoms with Gasteiger partial charge in [-0.15, -0.1) is 0 Å². The molecular weight excluding hydrogens is 1160 g/mol. The number of piperazine rings is 1. The summed E-state index contributed by atoms with van der Waals surface area (Å²) in [7, 11) is -2.23. The molecule has 5 heterocycles. The van der Waals surface area contributed by atoms with Gasteiger partial charge >= 0.3 is 31.1 Å². The first kappa shape index (κ1) is 64.5. The fraction of sp³-hybridized carbons (Fsp3) is 0.528. The van der Waals surface area contributed by atoms with E-state index in [0.29, 0.717) is 80.0 Å². The molecule has 4 amide bonds. The van der Waals surface area contributed by atoms with Crippen molar-refractivity contribution in [1.82, 2.24) is 51.0 Å². The molecule has 4 aromatic rings. The summed E-state index contributed by atoms with van der Waals surface area (Å²) in [6.45, 7) is -0.0986. The van der Waals surface area contributed by atoms with Crippen LogP contribution in [0.1, 0.15) is 69.3 Å². The molecule has 7 atom stereocenters. The summed E-state index contributed by atoms with van der Waals surface area (Å²) in [6.07, 6.45) is -8.76. The Morgan fingerprint density at radius 3 is 1.81 bits per heavy atom. The predicted molar refractivity (Wildman–Crippen MR) is 281 cm³/mol. The number of rotatable bonds is 21. The van der Waals surface area contributed by atoms with Gasteiger partial charge in [0.05, 0.1) is 55.6 Å². The predicted octanol–water partition coefficient (Wildman–Crippen LogP) is 6.74. The smallest absolute Gasteiger partial charge is 0.407 e. The van der Waals surface area contributed by atoms with Gasteiger partial charge in [0.1, 0.15) is 23.7 Å². The molecule has 0 aliphatic carbocycles. The molecule has 3 fully saturated rings. The van der Waals surface area contributed by atoms with Crippen LogP contribution in [0.3, 0.4) is 0 Å². The van der Waals surface area contributed by atoms with E-state index >= 15 is 8.78 Å². The van der Waals surface area contributed by atoms with Gasteiger partial charge in [0.2, 0.25) is 11.9 Å². The minimum absolute atomic E-state index is 0.188. The first-order valence-electron chi connectivity index (χ1n) is 26.1. The Labute approximate surface area is 476 Å². The van der Waals surface area contributed by atoms with Crippen molar-refractivity contribution in [3.63, 3.8) is 0 Å². The number of carbonyl (C=O) groups is 4. The number of halogens is 10. The third kappa shape index (κ3) is 15.2. The number of benzene rings is 2. The van der Waals surface area contributed by atoms with Gasteiger partial charge in [-0.1, -0.05) is 24.0 Å². The summed E-state index contributed by atoms with van der Waals surface area (Å²) >= 11 is 0. The normalized spacial score (nSPS) is 18.6. The SMILES string of the molecule is COC(=O)NC(C(=O)N[C@@H](Cc1ccc(C#Cc2cnc(N3CC4CCC(C3)N4C3COC3)nc2)cc1)[C@H](CN(Cc1c(F)cc(-c2ccn(C(F)F)n2)cc1F)NC(=O)[C@@H](NC(=O)OC)C(C)(C)C(F)(F)F)C[PH](=O)O)C(C)(C)C(F)(F)F. The van der Waals surface area contributed by atoms with E-state index in [1.807, 2.05) is 5.32 Å². The van der Waals surface area contributed by atoms with Crippen molar-refractivity contribution in [2.75, 3.05) is 58.1 Å². The lowest BCUT2D eigenvalue weighted by Gasteiger charge is -2.47. The number of fused-ring (bicyclic) bond motifs is 2. The second kappa shape index (κ2) is 26.5. The van der Waals surface area contributed by atoms with Crippen molar-refractivity contribution in [2.24, 2.45) is 16.7 Å². The first-order valence-corrected chi connectivity index (χ1v) is 27.7. The lowest BCUT2D eigenvalue weighted by Crippen LogP contribution is -2.63. The molecule has 31 heteroatoms. The van der Waals surface area contributed by atoms with Gasteiger partial charge in [-0.25, -0.2) is 38.0 Å². The molecular formula is C53H62F10N11O9P. The number of hydrogen-bond donors (Lipinski definition) is 5. The number of hydrazine groups is 1. The summed E-state index contributed by atoms with van der Waals surface area (Å²) in [5.74, 6) is -1.26. The number of methoxy groups -OCH3 is 2. The van der Waals surface area contributed by atoms with Crippen LogP contribution in [0, 0.1) is 40.2 Å². The van der Waals surface area contributed by atoms with Crippen LogP contribution in [-0.4, -0.2) is 160 Å². The Morgan fingerprint density at radius 2 is 1.33 bits per heavy atom. The van der Waals surface area contributed by atoms with E-state index in [1.54, 1.807) is 17.7 Å². The molecule has 458 valence electrons. The highest BCUT2D eigenvalue weighted by Crippen LogP contribution is 2.42. The van der Waals surface area contributed by atoms with Crippen LogP contribution in [0.5, 0.6) is 0 Å². The summed E-state index contributed by atoms with van der Waals surface area (Å²) in [6, 6.07) is 2.71. The fourth-order valence-electron chi connectivity index (χ4n) is 10.1. The largest absolute Gasteiger partial charge is 0.453 e. The number of alkyl halides is 8. The number of amides is 4. The van der Waals surface area contributed by atoms with E-state index < -0.39 is 129 Å². The van der Waals surface area contributed by atoms with E-state index in [0.717, 1.165) is 65.6 Å². The zero-order valence-electron chi connectivity index (χ0n) is 46.1. The number of nitrogens with one attached hydrogen (secondary N) is 4. The molecule has 7 rings (SSSR count). The summed E-state index contributed by atoms with van der Waals surface area (Å²) in [5.41, 5.74) is -4.66. The van der Waals surface area contributed by atoms with Crippen molar-refractivity contribution >= 4 is 38.0 Å². The maximum Gasteiger partial charge on any atom is 0.407 e. The summed E-state index contributed by atoms with van der Waals surface area (Å²) in [5, 5.41) is 10.2. The molecule has 20 nitrogen and oxygen atoms in total. The van der Waals surface area contributed by atoms with Crippen LogP contribution < -0.4 is 26.3 Å². The molecule has 5 N–H and O–H groups in total. The first-order chi connectivity index (χ1) is 39.4. The standard InChI is InChI=1S/C53H62F10N11O9P/c1-50(2,52(58,59)60)42(67-48(77)81-5)44(75)66-41(17-30-10-7-29(8-11-30)9-12-31-20-64-47(65-21-31)71-23-34-13-14-35(24-71)74(34)36-26-83-27-36)33(28-84(79)80)22-72(70-45(76)43(68-49(78)82-6)51(3,4)53(61,62)63)25-37-38(54)18-32(19-39(37)55)40-15-16-73(69-40)46(56)57/h7-8,10-11,15-16,18-21,33-36,41-43,46,84H,13-14,17,22-28H2,1-6H3,(H,66,75)(H,67,77)(H,68,78)(H,70,76)(H,79,80)/t33-,34?,35?,41+,42?,43-/m1/s1. The summed E-state index contributed by atoms with van der Waals surface area (Å²) in [4.78, 5) is 78.0. The molecule has 0 saturated carbocycles. The van der Waals surface area contributed by atoms with Gasteiger partial charge in [0.15, 0.2) is 8.03 Å². The molecule has 3 saturated heterocycles. The zero-order valence-corrected chi connectivity index (χ0v) is 47.1. The third-order valence-corrected chi connectivity index (χ3v) is 16.1. The number of nitrogens with zero attached hydrogens (tertiary/aromatic N) is 7. The highest BCUT2D eigenvalue weighted by molar-refractivity contribution is 7.38. The van der Waals surface area contributed by atoms with Crippen molar-refractivity contribution in [2.45, 2.75) is 109 Å². The molecule has 2 aromatic carbocycles. The number of ether oxygens (including phenoxy) is 3.